The minimum absolute atomic E-state index is 0.322. The van der Waals surface area contributed by atoms with Crippen LogP contribution in [0.25, 0.3) is 0 Å². The molecule has 0 aliphatic rings. The van der Waals surface area contributed by atoms with Gasteiger partial charge in [-0.05, 0) is 6.07 Å². The summed E-state index contributed by atoms with van der Waals surface area (Å²) in [7, 11) is 0. The minimum Gasteiger partial charge on any atom is -0.268 e. The van der Waals surface area contributed by atoms with Crippen LogP contribution in [0.5, 0.6) is 0 Å². The van der Waals surface area contributed by atoms with Gasteiger partial charge >= 0.3 is 6.18 Å². The highest BCUT2D eigenvalue weighted by molar-refractivity contribution is 5.15. The third-order valence-electron chi connectivity index (χ3n) is 1.35. The standard InChI is InChI=1S/C7H3F3N2O/c8-7(9,10)5-1-2-6(13)12(3-5)4-11/h1-3H. The van der Waals surface area contributed by atoms with E-state index in [1.54, 1.807) is 0 Å². The number of hydrogen-bond acceptors (Lipinski definition) is 2. The Balaban J connectivity index is 3.32. The van der Waals surface area contributed by atoms with Crippen LogP contribution in [0.2, 0.25) is 0 Å². The van der Waals surface area contributed by atoms with E-state index >= 15 is 0 Å². The number of rotatable bonds is 0. The van der Waals surface area contributed by atoms with Gasteiger partial charge < -0.3 is 0 Å². The molecule has 1 heterocycles. The average molecular weight is 188 g/mol. The Labute approximate surface area is 70.6 Å². The van der Waals surface area contributed by atoms with Crippen molar-refractivity contribution >= 4 is 0 Å². The first kappa shape index (κ1) is 9.32. The van der Waals surface area contributed by atoms with E-state index in [1.807, 2.05) is 0 Å². The van der Waals surface area contributed by atoms with E-state index in [0.717, 1.165) is 0 Å². The monoisotopic (exact) mass is 188 g/mol. The third kappa shape index (κ3) is 1.87. The molecule has 0 radical (unpaired) electrons. The maximum atomic E-state index is 12.0. The Hall–Kier alpha value is -1.77. The summed E-state index contributed by atoms with van der Waals surface area (Å²) in [6.07, 6.45) is -2.76. The van der Waals surface area contributed by atoms with E-state index in [9.17, 15) is 18.0 Å². The van der Waals surface area contributed by atoms with Crippen molar-refractivity contribution in [3.8, 4) is 6.19 Å². The maximum Gasteiger partial charge on any atom is 0.417 e. The van der Waals surface area contributed by atoms with Gasteiger partial charge in [-0.2, -0.15) is 18.4 Å². The van der Waals surface area contributed by atoms with Gasteiger partial charge in [-0.1, -0.05) is 0 Å². The summed E-state index contributed by atoms with van der Waals surface area (Å²) in [4.78, 5) is 10.7. The number of alkyl halides is 3. The number of hydrogen-bond donors (Lipinski definition) is 0. The van der Waals surface area contributed by atoms with E-state index in [1.165, 1.54) is 6.19 Å². The number of pyridine rings is 1. The Kier molecular flexibility index (Phi) is 2.10. The maximum absolute atomic E-state index is 12.0. The van der Waals surface area contributed by atoms with Crippen molar-refractivity contribution in [1.82, 2.24) is 4.57 Å². The summed E-state index contributed by atoms with van der Waals surface area (Å²) in [5.41, 5.74) is -1.80. The zero-order valence-corrected chi connectivity index (χ0v) is 6.17. The SMILES string of the molecule is N#Cn1cc(C(F)(F)F)ccc1=O. The first-order valence-electron chi connectivity index (χ1n) is 3.15. The van der Waals surface area contributed by atoms with Crippen molar-refractivity contribution in [3.05, 3.63) is 34.2 Å². The fourth-order valence-electron chi connectivity index (χ4n) is 0.733. The summed E-state index contributed by atoms with van der Waals surface area (Å²) in [5, 5.41) is 8.25. The third-order valence-corrected chi connectivity index (χ3v) is 1.35. The first-order chi connectivity index (χ1) is 5.95. The number of nitrogens with zero attached hydrogens (tertiary/aromatic N) is 2. The molecule has 3 nitrogen and oxygen atoms in total. The van der Waals surface area contributed by atoms with Gasteiger partial charge in [-0.25, -0.2) is 4.57 Å². The molecule has 13 heavy (non-hydrogen) atoms. The lowest BCUT2D eigenvalue weighted by atomic mass is 10.3. The lowest BCUT2D eigenvalue weighted by Gasteiger charge is -2.05. The number of nitriles is 1. The molecule has 0 N–H and O–H groups in total. The smallest absolute Gasteiger partial charge is 0.268 e. The van der Waals surface area contributed by atoms with E-state index < -0.39 is 17.3 Å². The van der Waals surface area contributed by atoms with Gasteiger partial charge in [-0.15, -0.1) is 0 Å². The van der Waals surface area contributed by atoms with Crippen molar-refractivity contribution in [2.24, 2.45) is 0 Å². The first-order valence-corrected chi connectivity index (χ1v) is 3.15. The van der Waals surface area contributed by atoms with Gasteiger partial charge in [0.15, 0.2) is 6.19 Å². The molecule has 68 valence electrons. The zero-order chi connectivity index (χ0) is 10.1. The van der Waals surface area contributed by atoms with Crippen LogP contribution in [0, 0.1) is 11.5 Å². The van der Waals surface area contributed by atoms with Gasteiger partial charge in [0.2, 0.25) is 0 Å². The predicted octanol–water partition coefficient (Wildman–Crippen LogP) is 1.20. The van der Waals surface area contributed by atoms with Gasteiger partial charge in [0, 0.05) is 12.3 Å². The molecule has 0 saturated carbocycles. The molecule has 6 heteroatoms. The van der Waals surface area contributed by atoms with E-state index in [4.69, 9.17) is 5.26 Å². The van der Waals surface area contributed by atoms with Crippen molar-refractivity contribution in [2.75, 3.05) is 0 Å². The predicted molar refractivity (Wildman–Crippen MR) is 36.7 cm³/mol. The molecular weight excluding hydrogens is 185 g/mol. The summed E-state index contributed by atoms with van der Waals surface area (Å²) < 4.78 is 36.4. The molecule has 0 aromatic carbocycles. The molecule has 0 saturated heterocycles. The summed E-state index contributed by atoms with van der Waals surface area (Å²) >= 11 is 0. The Morgan fingerprint density at radius 3 is 2.46 bits per heavy atom. The van der Waals surface area contributed by atoms with Gasteiger partial charge in [0.05, 0.1) is 5.56 Å². The summed E-state index contributed by atoms with van der Waals surface area (Å²) in [6, 6.07) is 1.34. The second-order valence-corrected chi connectivity index (χ2v) is 2.22. The second-order valence-electron chi connectivity index (χ2n) is 2.22. The van der Waals surface area contributed by atoms with Crippen LogP contribution in [0.1, 0.15) is 5.56 Å². The fourth-order valence-corrected chi connectivity index (χ4v) is 0.733. The van der Waals surface area contributed by atoms with Crippen LogP contribution in [0.4, 0.5) is 13.2 Å². The van der Waals surface area contributed by atoms with Crippen LogP contribution in [-0.4, -0.2) is 4.57 Å². The molecule has 0 amide bonds. The molecule has 0 unspecified atom stereocenters. The topological polar surface area (TPSA) is 45.8 Å². The quantitative estimate of drug-likeness (QED) is 0.614. The van der Waals surface area contributed by atoms with E-state index in [2.05, 4.69) is 0 Å². The van der Waals surface area contributed by atoms with Gasteiger partial charge in [0.25, 0.3) is 5.56 Å². The Morgan fingerprint density at radius 2 is 2.00 bits per heavy atom. The lowest BCUT2D eigenvalue weighted by Crippen LogP contribution is -2.18. The molecule has 1 aromatic heterocycles. The summed E-state index contributed by atoms with van der Waals surface area (Å²) in [6.45, 7) is 0. The van der Waals surface area contributed by atoms with E-state index in [-0.39, 0.29) is 0 Å². The van der Waals surface area contributed by atoms with Crippen molar-refractivity contribution in [3.63, 3.8) is 0 Å². The van der Waals surface area contributed by atoms with Crippen molar-refractivity contribution in [1.29, 1.82) is 5.26 Å². The lowest BCUT2D eigenvalue weighted by molar-refractivity contribution is -0.137. The van der Waals surface area contributed by atoms with Crippen molar-refractivity contribution in [2.45, 2.75) is 6.18 Å². The minimum atomic E-state index is -4.54. The fraction of sp³-hybridized carbons (Fsp3) is 0.143. The molecule has 0 atom stereocenters. The van der Waals surface area contributed by atoms with Gasteiger partial charge in [0.1, 0.15) is 0 Å². The molecule has 1 aromatic rings. The van der Waals surface area contributed by atoms with Crippen molar-refractivity contribution < 1.29 is 13.2 Å². The zero-order valence-electron chi connectivity index (χ0n) is 6.17. The molecule has 0 bridgehead atoms. The Morgan fingerprint density at radius 1 is 1.38 bits per heavy atom. The number of aromatic nitrogens is 1. The van der Waals surface area contributed by atoms with Crippen LogP contribution >= 0.6 is 0 Å². The molecular formula is C7H3F3N2O. The second kappa shape index (κ2) is 2.94. The average Bonchev–Trinajstić information content (AvgIpc) is 2.03. The van der Waals surface area contributed by atoms with E-state index in [0.29, 0.717) is 22.9 Å². The van der Waals surface area contributed by atoms with Crippen LogP contribution < -0.4 is 5.56 Å². The highest BCUT2D eigenvalue weighted by Crippen LogP contribution is 2.27. The van der Waals surface area contributed by atoms with Gasteiger partial charge in [-0.3, -0.25) is 4.79 Å². The molecule has 0 spiro atoms. The molecule has 0 fully saturated rings. The van der Waals surface area contributed by atoms with Crippen LogP contribution in [0.15, 0.2) is 23.1 Å². The molecule has 0 aliphatic carbocycles. The Bertz CT molecular complexity index is 413. The van der Waals surface area contributed by atoms with Crippen LogP contribution in [0.3, 0.4) is 0 Å². The normalized spacial score (nSPS) is 10.9. The highest BCUT2D eigenvalue weighted by atomic mass is 19.4. The summed E-state index contributed by atoms with van der Waals surface area (Å²) in [5.74, 6) is 0. The number of halogens is 3. The highest BCUT2D eigenvalue weighted by Gasteiger charge is 2.30. The molecule has 0 aliphatic heterocycles. The largest absolute Gasteiger partial charge is 0.417 e. The molecule has 1 rings (SSSR count). The van der Waals surface area contributed by atoms with Crippen LogP contribution in [-0.2, 0) is 6.18 Å².